The van der Waals surface area contributed by atoms with E-state index in [2.05, 4.69) is 29.4 Å². The Morgan fingerprint density at radius 2 is 2.17 bits per heavy atom. The largest absolute Gasteiger partial charge is 0.497 e. The monoisotopic (exact) mass is 335 g/mol. The lowest BCUT2D eigenvalue weighted by Gasteiger charge is -2.26. The highest BCUT2D eigenvalue weighted by Gasteiger charge is 2.21. The minimum absolute atomic E-state index is 0.0209. The van der Waals surface area contributed by atoms with E-state index < -0.39 is 0 Å². The van der Waals surface area contributed by atoms with Gasteiger partial charge in [-0.3, -0.25) is 0 Å². The Balaban J connectivity index is 1.73. The fraction of sp³-hybridized carbons (Fsp3) is 0.611. The quantitative estimate of drug-likeness (QED) is 0.714. The maximum atomic E-state index is 12.0. The van der Waals surface area contributed by atoms with E-state index >= 15 is 0 Å². The second-order valence-electron chi connectivity index (χ2n) is 5.97. The predicted molar refractivity (Wildman–Crippen MR) is 94.9 cm³/mol. The third kappa shape index (κ3) is 5.30. The van der Waals surface area contributed by atoms with Crippen molar-refractivity contribution in [1.82, 2.24) is 15.5 Å². The SMILES string of the molecule is CCN(CC)CCCNC(=O)N[C@@H]1COc2ccc(OC)cc2C1. The lowest BCUT2D eigenvalue weighted by Crippen LogP contribution is -2.47. The normalized spacial score (nSPS) is 16.2. The van der Waals surface area contributed by atoms with Gasteiger partial charge in [0.1, 0.15) is 18.1 Å². The number of hydrogen-bond donors (Lipinski definition) is 2. The van der Waals surface area contributed by atoms with Gasteiger partial charge in [0.15, 0.2) is 0 Å². The maximum absolute atomic E-state index is 12.0. The molecule has 0 radical (unpaired) electrons. The summed E-state index contributed by atoms with van der Waals surface area (Å²) in [7, 11) is 1.65. The van der Waals surface area contributed by atoms with Crippen molar-refractivity contribution in [1.29, 1.82) is 0 Å². The van der Waals surface area contributed by atoms with Crippen molar-refractivity contribution in [2.45, 2.75) is 32.7 Å². The molecule has 6 nitrogen and oxygen atoms in total. The second-order valence-corrected chi connectivity index (χ2v) is 5.97. The molecule has 6 heteroatoms. The van der Waals surface area contributed by atoms with Crippen LogP contribution in [0.2, 0.25) is 0 Å². The van der Waals surface area contributed by atoms with Crippen molar-refractivity contribution in [3.8, 4) is 11.5 Å². The number of carbonyl (C=O) groups excluding carboxylic acids is 1. The smallest absolute Gasteiger partial charge is 0.315 e. The summed E-state index contributed by atoms with van der Waals surface area (Å²) in [4.78, 5) is 14.4. The molecule has 1 heterocycles. The van der Waals surface area contributed by atoms with E-state index in [0.29, 0.717) is 13.2 Å². The van der Waals surface area contributed by atoms with Gasteiger partial charge < -0.3 is 25.0 Å². The summed E-state index contributed by atoms with van der Waals surface area (Å²) in [5.74, 6) is 1.67. The molecular weight excluding hydrogens is 306 g/mol. The molecule has 2 rings (SSSR count). The lowest BCUT2D eigenvalue weighted by molar-refractivity contribution is 0.213. The molecule has 134 valence electrons. The minimum Gasteiger partial charge on any atom is -0.497 e. The van der Waals surface area contributed by atoms with Crippen molar-refractivity contribution < 1.29 is 14.3 Å². The molecule has 24 heavy (non-hydrogen) atoms. The van der Waals surface area contributed by atoms with Gasteiger partial charge in [-0.2, -0.15) is 0 Å². The fourth-order valence-electron chi connectivity index (χ4n) is 2.87. The minimum atomic E-state index is -0.130. The van der Waals surface area contributed by atoms with E-state index in [-0.39, 0.29) is 12.1 Å². The van der Waals surface area contributed by atoms with Crippen LogP contribution in [0.25, 0.3) is 0 Å². The third-order valence-electron chi connectivity index (χ3n) is 4.34. The Morgan fingerprint density at radius 1 is 1.38 bits per heavy atom. The van der Waals surface area contributed by atoms with Gasteiger partial charge in [0.25, 0.3) is 0 Å². The molecule has 1 aliphatic rings. The molecule has 0 bridgehead atoms. The molecule has 0 fully saturated rings. The number of carbonyl (C=O) groups is 1. The number of fused-ring (bicyclic) bond motifs is 1. The first-order chi connectivity index (χ1) is 11.7. The predicted octanol–water partition coefficient (Wildman–Crippen LogP) is 2.03. The van der Waals surface area contributed by atoms with E-state index in [4.69, 9.17) is 9.47 Å². The molecule has 1 aromatic carbocycles. The molecule has 0 aromatic heterocycles. The third-order valence-corrected chi connectivity index (χ3v) is 4.34. The summed E-state index contributed by atoms with van der Waals surface area (Å²) in [5.41, 5.74) is 1.06. The van der Waals surface area contributed by atoms with Crippen LogP contribution in [0.15, 0.2) is 18.2 Å². The average Bonchev–Trinajstić information content (AvgIpc) is 2.61. The molecule has 1 atom stereocenters. The van der Waals surface area contributed by atoms with Crippen LogP contribution in [-0.2, 0) is 6.42 Å². The van der Waals surface area contributed by atoms with Crippen molar-refractivity contribution in [2.24, 2.45) is 0 Å². The Morgan fingerprint density at radius 3 is 2.88 bits per heavy atom. The van der Waals surface area contributed by atoms with E-state index in [1.165, 1.54) is 0 Å². The first-order valence-electron chi connectivity index (χ1n) is 8.72. The van der Waals surface area contributed by atoms with Crippen LogP contribution in [0.3, 0.4) is 0 Å². The molecule has 2 N–H and O–H groups in total. The van der Waals surface area contributed by atoms with Crippen LogP contribution in [-0.4, -0.2) is 56.9 Å². The van der Waals surface area contributed by atoms with Crippen LogP contribution < -0.4 is 20.1 Å². The van der Waals surface area contributed by atoms with Crippen LogP contribution in [0, 0.1) is 0 Å². The summed E-state index contributed by atoms with van der Waals surface area (Å²) in [5, 5.41) is 5.91. The highest BCUT2D eigenvalue weighted by Crippen LogP contribution is 2.28. The second kappa shape index (κ2) is 9.37. The number of amides is 2. The molecular formula is C18H29N3O3. The molecule has 0 saturated heterocycles. The summed E-state index contributed by atoms with van der Waals surface area (Å²) >= 11 is 0. The van der Waals surface area contributed by atoms with Crippen molar-refractivity contribution >= 4 is 6.03 Å². The number of ether oxygens (including phenoxy) is 2. The number of rotatable bonds is 8. The van der Waals surface area contributed by atoms with Gasteiger partial charge in [-0.15, -0.1) is 0 Å². The van der Waals surface area contributed by atoms with Crippen LogP contribution in [0.4, 0.5) is 4.79 Å². The van der Waals surface area contributed by atoms with Gasteiger partial charge in [0.05, 0.1) is 13.2 Å². The van der Waals surface area contributed by atoms with Crippen LogP contribution in [0.1, 0.15) is 25.8 Å². The van der Waals surface area contributed by atoms with Crippen molar-refractivity contribution in [3.05, 3.63) is 23.8 Å². The topological polar surface area (TPSA) is 62.8 Å². The molecule has 2 amide bonds. The Bertz CT molecular complexity index is 532. The van der Waals surface area contributed by atoms with Gasteiger partial charge in [-0.05, 0) is 56.2 Å². The molecule has 1 aliphatic heterocycles. The molecule has 0 saturated carbocycles. The van der Waals surface area contributed by atoms with E-state index in [1.807, 2.05) is 18.2 Å². The van der Waals surface area contributed by atoms with Gasteiger partial charge in [0, 0.05) is 6.54 Å². The zero-order valence-corrected chi connectivity index (χ0v) is 14.9. The molecule has 0 spiro atoms. The number of nitrogens with one attached hydrogen (secondary N) is 2. The van der Waals surface area contributed by atoms with Crippen molar-refractivity contribution in [2.75, 3.05) is 39.9 Å². The molecule has 1 aromatic rings. The Hall–Kier alpha value is -1.95. The van der Waals surface area contributed by atoms with E-state index in [9.17, 15) is 4.79 Å². The van der Waals surface area contributed by atoms with Crippen LogP contribution in [0.5, 0.6) is 11.5 Å². The van der Waals surface area contributed by atoms with Gasteiger partial charge in [-0.25, -0.2) is 4.79 Å². The summed E-state index contributed by atoms with van der Waals surface area (Å²) < 4.78 is 11.0. The Kier molecular flexibility index (Phi) is 7.18. The van der Waals surface area contributed by atoms with Crippen molar-refractivity contribution in [3.63, 3.8) is 0 Å². The zero-order chi connectivity index (χ0) is 17.4. The molecule has 0 aliphatic carbocycles. The van der Waals surface area contributed by atoms with E-state index in [0.717, 1.165) is 49.5 Å². The fourth-order valence-corrected chi connectivity index (χ4v) is 2.87. The van der Waals surface area contributed by atoms with Gasteiger partial charge in [0.2, 0.25) is 0 Å². The first kappa shape index (κ1) is 18.4. The highest BCUT2D eigenvalue weighted by atomic mass is 16.5. The highest BCUT2D eigenvalue weighted by molar-refractivity contribution is 5.74. The van der Waals surface area contributed by atoms with Gasteiger partial charge in [-0.1, -0.05) is 13.8 Å². The number of urea groups is 1. The summed E-state index contributed by atoms with van der Waals surface area (Å²) in [6.45, 7) is 8.58. The number of benzene rings is 1. The standard InChI is InChI=1S/C18H29N3O3/c1-4-21(5-2)10-6-9-19-18(22)20-15-11-14-12-16(23-3)7-8-17(14)24-13-15/h7-8,12,15H,4-6,9-11,13H2,1-3H3,(H2,19,20,22)/t15-/m0/s1. The number of methoxy groups -OCH3 is 1. The zero-order valence-electron chi connectivity index (χ0n) is 14.9. The summed E-state index contributed by atoms with van der Waals surface area (Å²) in [6, 6.07) is 5.61. The Labute approximate surface area is 144 Å². The van der Waals surface area contributed by atoms with Crippen LogP contribution >= 0.6 is 0 Å². The maximum Gasteiger partial charge on any atom is 0.315 e. The van der Waals surface area contributed by atoms with Gasteiger partial charge >= 0.3 is 6.03 Å². The lowest BCUT2D eigenvalue weighted by atomic mass is 10.0. The number of nitrogens with zero attached hydrogens (tertiary/aromatic N) is 1. The average molecular weight is 335 g/mol. The van der Waals surface area contributed by atoms with E-state index in [1.54, 1.807) is 7.11 Å². The molecule has 0 unspecified atom stereocenters. The summed E-state index contributed by atoms with van der Waals surface area (Å²) in [6.07, 6.45) is 1.70. The first-order valence-corrected chi connectivity index (χ1v) is 8.72. The number of hydrogen-bond acceptors (Lipinski definition) is 4.